The van der Waals surface area contributed by atoms with Gasteiger partial charge in [-0.15, -0.1) is 0 Å². The molecule has 2 aromatic rings. The maximum atomic E-state index is 13.0. The van der Waals surface area contributed by atoms with Gasteiger partial charge >= 0.3 is 0 Å². The van der Waals surface area contributed by atoms with Gasteiger partial charge in [-0.3, -0.25) is 0 Å². The van der Waals surface area contributed by atoms with Crippen LogP contribution in [0, 0.1) is 5.82 Å². The van der Waals surface area contributed by atoms with Crippen molar-refractivity contribution in [2.24, 2.45) is 0 Å². The number of nitrogens with two attached hydrogens (primary N) is 1. The summed E-state index contributed by atoms with van der Waals surface area (Å²) in [5.41, 5.74) is 8.35. The van der Waals surface area contributed by atoms with Crippen molar-refractivity contribution in [1.82, 2.24) is 0 Å². The average molecular weight is 260 g/mol. The summed E-state index contributed by atoms with van der Waals surface area (Å²) in [7, 11) is 1.60. The molecule has 0 bridgehead atoms. The van der Waals surface area contributed by atoms with Gasteiger partial charge < -0.3 is 15.8 Å². The number of nitrogens with one attached hydrogen (secondary N) is 1. The van der Waals surface area contributed by atoms with E-state index in [2.05, 4.69) is 5.32 Å². The lowest BCUT2D eigenvalue weighted by Gasteiger charge is -2.10. The molecule has 100 valence electrons. The molecule has 4 heteroatoms. The predicted octanol–water partition coefficient (Wildman–Crippen LogP) is 3.07. The highest BCUT2D eigenvalue weighted by Gasteiger charge is 2.01. The van der Waals surface area contributed by atoms with Gasteiger partial charge in [0.25, 0.3) is 0 Å². The number of nitrogen functional groups attached to an aromatic ring is 1. The Morgan fingerprint density at radius 3 is 2.74 bits per heavy atom. The van der Waals surface area contributed by atoms with Crippen LogP contribution in [0.25, 0.3) is 0 Å². The fraction of sp³-hybridized carbons (Fsp3) is 0.200. The van der Waals surface area contributed by atoms with Gasteiger partial charge in [-0.2, -0.15) is 0 Å². The summed E-state index contributed by atoms with van der Waals surface area (Å²) >= 11 is 0. The van der Waals surface area contributed by atoms with E-state index in [1.54, 1.807) is 25.3 Å². The van der Waals surface area contributed by atoms with Crippen LogP contribution < -0.4 is 15.8 Å². The molecule has 0 atom stereocenters. The van der Waals surface area contributed by atoms with Crippen molar-refractivity contribution in [2.45, 2.75) is 6.42 Å². The number of benzene rings is 2. The molecule has 3 N–H and O–H groups in total. The molecule has 19 heavy (non-hydrogen) atoms. The van der Waals surface area contributed by atoms with Gasteiger partial charge in [-0.1, -0.05) is 12.1 Å². The fourth-order valence-electron chi connectivity index (χ4n) is 1.86. The van der Waals surface area contributed by atoms with Crippen molar-refractivity contribution in [3.8, 4) is 5.75 Å². The van der Waals surface area contributed by atoms with E-state index in [1.165, 1.54) is 6.07 Å². The zero-order chi connectivity index (χ0) is 13.7. The van der Waals surface area contributed by atoms with E-state index in [-0.39, 0.29) is 5.82 Å². The van der Waals surface area contributed by atoms with Crippen LogP contribution >= 0.6 is 0 Å². The van der Waals surface area contributed by atoms with Crippen molar-refractivity contribution in [1.29, 1.82) is 0 Å². The molecule has 0 spiro atoms. The third-order valence-electron chi connectivity index (χ3n) is 2.88. The number of ether oxygens (including phenoxy) is 1. The Balaban J connectivity index is 1.92. The highest BCUT2D eigenvalue weighted by Crippen LogP contribution is 2.23. The van der Waals surface area contributed by atoms with E-state index in [1.807, 2.05) is 18.2 Å². The van der Waals surface area contributed by atoms with Gasteiger partial charge in [0.15, 0.2) is 0 Å². The Morgan fingerprint density at radius 1 is 1.21 bits per heavy atom. The first-order chi connectivity index (χ1) is 9.19. The number of hydrogen-bond donors (Lipinski definition) is 2. The topological polar surface area (TPSA) is 47.3 Å². The second kappa shape index (κ2) is 6.09. The monoisotopic (exact) mass is 260 g/mol. The summed E-state index contributed by atoms with van der Waals surface area (Å²) in [5, 5.41) is 3.23. The summed E-state index contributed by atoms with van der Waals surface area (Å²) < 4.78 is 18.1. The Hall–Kier alpha value is -2.23. The number of anilines is 2. The SMILES string of the molecule is COc1ccc(NCCc2cccc(F)c2)c(N)c1. The van der Waals surface area contributed by atoms with Crippen LogP contribution in [-0.2, 0) is 6.42 Å². The van der Waals surface area contributed by atoms with E-state index in [0.717, 1.165) is 23.4 Å². The van der Waals surface area contributed by atoms with Gasteiger partial charge in [0.2, 0.25) is 0 Å². The molecule has 0 heterocycles. The minimum Gasteiger partial charge on any atom is -0.497 e. The average Bonchev–Trinajstić information content (AvgIpc) is 2.40. The molecule has 0 aliphatic rings. The lowest BCUT2D eigenvalue weighted by Crippen LogP contribution is -2.07. The van der Waals surface area contributed by atoms with E-state index in [9.17, 15) is 4.39 Å². The lowest BCUT2D eigenvalue weighted by molar-refractivity contribution is 0.415. The van der Waals surface area contributed by atoms with Gasteiger partial charge in [-0.25, -0.2) is 4.39 Å². The third-order valence-corrected chi connectivity index (χ3v) is 2.88. The van der Waals surface area contributed by atoms with Crippen molar-refractivity contribution >= 4 is 11.4 Å². The Morgan fingerprint density at radius 2 is 2.05 bits per heavy atom. The minimum atomic E-state index is -0.207. The van der Waals surface area contributed by atoms with Crippen LogP contribution in [0.2, 0.25) is 0 Å². The molecule has 0 saturated carbocycles. The molecule has 3 nitrogen and oxygen atoms in total. The molecule has 0 radical (unpaired) electrons. The summed E-state index contributed by atoms with van der Waals surface area (Å²) in [5.74, 6) is 0.523. The molecule has 0 aliphatic heterocycles. The first-order valence-electron chi connectivity index (χ1n) is 6.11. The Bertz CT molecular complexity index is 558. The molecule has 0 fully saturated rings. The molecule has 0 saturated heterocycles. The highest BCUT2D eigenvalue weighted by atomic mass is 19.1. The number of methoxy groups -OCH3 is 1. The van der Waals surface area contributed by atoms with E-state index in [4.69, 9.17) is 10.5 Å². The third kappa shape index (κ3) is 3.61. The Labute approximate surface area is 112 Å². The fourth-order valence-corrected chi connectivity index (χ4v) is 1.86. The maximum absolute atomic E-state index is 13.0. The zero-order valence-electron chi connectivity index (χ0n) is 10.8. The summed E-state index contributed by atoms with van der Waals surface area (Å²) in [6.07, 6.45) is 0.739. The highest BCUT2D eigenvalue weighted by molar-refractivity contribution is 5.68. The number of hydrogen-bond acceptors (Lipinski definition) is 3. The van der Waals surface area contributed by atoms with Crippen LogP contribution in [0.15, 0.2) is 42.5 Å². The minimum absolute atomic E-state index is 0.207. The van der Waals surface area contributed by atoms with Gasteiger partial charge in [0, 0.05) is 12.6 Å². The summed E-state index contributed by atoms with van der Waals surface area (Å²) in [6, 6.07) is 12.1. The van der Waals surface area contributed by atoms with Crippen LogP contribution in [-0.4, -0.2) is 13.7 Å². The molecule has 0 amide bonds. The molecule has 2 aromatic carbocycles. The lowest BCUT2D eigenvalue weighted by atomic mass is 10.1. The van der Waals surface area contributed by atoms with Crippen molar-refractivity contribution in [3.63, 3.8) is 0 Å². The van der Waals surface area contributed by atoms with Crippen LogP contribution in [0.5, 0.6) is 5.75 Å². The van der Waals surface area contributed by atoms with Crippen molar-refractivity contribution in [2.75, 3.05) is 24.7 Å². The predicted molar refractivity (Wildman–Crippen MR) is 76.0 cm³/mol. The van der Waals surface area contributed by atoms with Crippen molar-refractivity contribution < 1.29 is 9.13 Å². The molecule has 2 rings (SSSR count). The largest absolute Gasteiger partial charge is 0.497 e. The van der Waals surface area contributed by atoms with Crippen LogP contribution in [0.1, 0.15) is 5.56 Å². The number of rotatable bonds is 5. The molecule has 0 aliphatic carbocycles. The number of halogens is 1. The zero-order valence-corrected chi connectivity index (χ0v) is 10.8. The van der Waals surface area contributed by atoms with Crippen molar-refractivity contribution in [3.05, 3.63) is 53.8 Å². The molecule has 0 unspecified atom stereocenters. The molecular formula is C15H17FN2O. The summed E-state index contributed by atoms with van der Waals surface area (Å²) in [4.78, 5) is 0. The van der Waals surface area contributed by atoms with Gasteiger partial charge in [-0.05, 0) is 36.2 Å². The van der Waals surface area contributed by atoms with E-state index < -0.39 is 0 Å². The van der Waals surface area contributed by atoms with Crippen LogP contribution in [0.4, 0.5) is 15.8 Å². The first kappa shape index (κ1) is 13.2. The standard InChI is InChI=1S/C15H17FN2O/c1-19-13-5-6-15(14(17)10-13)18-8-7-11-3-2-4-12(16)9-11/h2-6,9-10,18H,7-8,17H2,1H3. The second-order valence-electron chi connectivity index (χ2n) is 4.26. The van der Waals surface area contributed by atoms with Gasteiger partial charge in [0.05, 0.1) is 18.5 Å². The van der Waals surface area contributed by atoms with Gasteiger partial charge in [0.1, 0.15) is 11.6 Å². The van der Waals surface area contributed by atoms with E-state index in [0.29, 0.717) is 12.2 Å². The van der Waals surface area contributed by atoms with Crippen LogP contribution in [0.3, 0.4) is 0 Å². The second-order valence-corrected chi connectivity index (χ2v) is 4.26. The first-order valence-corrected chi connectivity index (χ1v) is 6.11. The Kier molecular flexibility index (Phi) is 4.23. The molecular weight excluding hydrogens is 243 g/mol. The maximum Gasteiger partial charge on any atom is 0.123 e. The normalized spacial score (nSPS) is 10.2. The van der Waals surface area contributed by atoms with E-state index >= 15 is 0 Å². The molecule has 0 aromatic heterocycles. The summed E-state index contributed by atoms with van der Waals surface area (Å²) in [6.45, 7) is 0.694. The quantitative estimate of drug-likeness (QED) is 0.812. The smallest absolute Gasteiger partial charge is 0.123 e.